The van der Waals surface area contributed by atoms with E-state index in [1.54, 1.807) is 0 Å². The Bertz CT molecular complexity index is 514. The number of anilines is 1. The predicted octanol–water partition coefficient (Wildman–Crippen LogP) is 5.32. The van der Waals surface area contributed by atoms with Crippen molar-refractivity contribution in [1.82, 2.24) is 5.32 Å². The largest absolute Gasteiger partial charge is 0.359 e. The van der Waals surface area contributed by atoms with E-state index >= 15 is 0 Å². The van der Waals surface area contributed by atoms with Gasteiger partial charge in [-0.15, -0.1) is 0 Å². The van der Waals surface area contributed by atoms with Gasteiger partial charge < -0.3 is 10.6 Å². The van der Waals surface area contributed by atoms with Crippen molar-refractivity contribution in [2.75, 3.05) is 11.9 Å². The van der Waals surface area contributed by atoms with E-state index in [2.05, 4.69) is 43.6 Å². The molecule has 21 heavy (non-hydrogen) atoms. The van der Waals surface area contributed by atoms with Crippen molar-refractivity contribution in [2.45, 2.75) is 33.6 Å². The summed E-state index contributed by atoms with van der Waals surface area (Å²) in [6.07, 6.45) is 6.62. The van der Waals surface area contributed by atoms with Crippen LogP contribution in [0.3, 0.4) is 0 Å². The van der Waals surface area contributed by atoms with Crippen LogP contribution >= 0.6 is 23.8 Å². The van der Waals surface area contributed by atoms with E-state index in [1.807, 2.05) is 24.3 Å². The molecule has 0 fully saturated rings. The summed E-state index contributed by atoms with van der Waals surface area (Å²) in [6.45, 7) is 7.14. The summed E-state index contributed by atoms with van der Waals surface area (Å²) in [7, 11) is 0. The molecule has 0 aliphatic carbocycles. The second-order valence-electron chi connectivity index (χ2n) is 5.21. The Kier molecular flexibility index (Phi) is 8.09. The standard InChI is InChI=1S/C17H23ClN2S/c1-13(2)5-4-6-14(3)11-12-19-17(21)20-16-9-7-15(18)8-10-16/h5,7-11H,4,6,12H2,1-3H3,(H2,19,20,21)/b14-11+. The summed E-state index contributed by atoms with van der Waals surface area (Å²) < 4.78 is 0. The van der Waals surface area contributed by atoms with Gasteiger partial charge in [0.1, 0.15) is 0 Å². The smallest absolute Gasteiger partial charge is 0.171 e. The van der Waals surface area contributed by atoms with Gasteiger partial charge in [0.05, 0.1) is 0 Å². The first-order chi connectivity index (χ1) is 9.97. The predicted molar refractivity (Wildman–Crippen MR) is 98.1 cm³/mol. The van der Waals surface area contributed by atoms with Crippen LogP contribution in [0.4, 0.5) is 5.69 Å². The van der Waals surface area contributed by atoms with Crippen LogP contribution in [0.1, 0.15) is 33.6 Å². The molecule has 0 radical (unpaired) electrons. The van der Waals surface area contributed by atoms with E-state index in [0.717, 1.165) is 25.1 Å². The lowest BCUT2D eigenvalue weighted by Crippen LogP contribution is -2.28. The minimum atomic E-state index is 0.616. The molecular weight excluding hydrogens is 300 g/mol. The van der Waals surface area contributed by atoms with Crippen LogP contribution in [0, 0.1) is 0 Å². The van der Waals surface area contributed by atoms with Gasteiger partial charge in [-0.05, 0) is 70.1 Å². The van der Waals surface area contributed by atoms with Gasteiger partial charge >= 0.3 is 0 Å². The van der Waals surface area contributed by atoms with Gasteiger partial charge in [-0.1, -0.05) is 34.9 Å². The van der Waals surface area contributed by atoms with E-state index in [4.69, 9.17) is 23.8 Å². The molecule has 0 aliphatic rings. The number of rotatable bonds is 6. The number of hydrogen-bond acceptors (Lipinski definition) is 1. The fraction of sp³-hybridized carbons (Fsp3) is 0.353. The van der Waals surface area contributed by atoms with Gasteiger partial charge in [0.15, 0.2) is 5.11 Å². The van der Waals surface area contributed by atoms with Gasteiger partial charge in [0, 0.05) is 17.3 Å². The molecule has 0 aliphatic heterocycles. The lowest BCUT2D eigenvalue weighted by atomic mass is 10.1. The minimum Gasteiger partial charge on any atom is -0.359 e. The highest BCUT2D eigenvalue weighted by atomic mass is 35.5. The second-order valence-corrected chi connectivity index (χ2v) is 6.06. The first-order valence-electron chi connectivity index (χ1n) is 7.07. The van der Waals surface area contributed by atoms with Gasteiger partial charge in [-0.3, -0.25) is 0 Å². The van der Waals surface area contributed by atoms with Crippen LogP contribution in [-0.2, 0) is 0 Å². The number of halogens is 1. The maximum atomic E-state index is 5.84. The van der Waals surface area contributed by atoms with Crippen molar-refractivity contribution < 1.29 is 0 Å². The van der Waals surface area contributed by atoms with Gasteiger partial charge in [-0.25, -0.2) is 0 Å². The summed E-state index contributed by atoms with van der Waals surface area (Å²) in [5.41, 5.74) is 3.67. The van der Waals surface area contributed by atoms with Crippen molar-refractivity contribution in [3.05, 3.63) is 52.6 Å². The average molecular weight is 323 g/mol. The number of benzene rings is 1. The van der Waals surface area contributed by atoms with Gasteiger partial charge in [0.2, 0.25) is 0 Å². The summed E-state index contributed by atoms with van der Waals surface area (Å²) >= 11 is 11.1. The van der Waals surface area contributed by atoms with E-state index in [1.165, 1.54) is 11.1 Å². The minimum absolute atomic E-state index is 0.616. The van der Waals surface area contributed by atoms with E-state index < -0.39 is 0 Å². The first kappa shape index (κ1) is 17.7. The Morgan fingerprint density at radius 2 is 1.81 bits per heavy atom. The fourth-order valence-electron chi connectivity index (χ4n) is 1.72. The maximum absolute atomic E-state index is 5.84. The third kappa shape index (κ3) is 8.53. The number of hydrogen-bond donors (Lipinski definition) is 2. The van der Waals surface area contributed by atoms with Crippen LogP contribution in [-0.4, -0.2) is 11.7 Å². The third-order valence-electron chi connectivity index (χ3n) is 2.91. The van der Waals surface area contributed by atoms with Crippen LogP contribution in [0.25, 0.3) is 0 Å². The molecule has 0 saturated carbocycles. The third-order valence-corrected chi connectivity index (χ3v) is 3.40. The van der Waals surface area contributed by atoms with Crippen molar-refractivity contribution in [2.24, 2.45) is 0 Å². The zero-order chi connectivity index (χ0) is 15.7. The highest BCUT2D eigenvalue weighted by Gasteiger charge is 1.96. The molecule has 0 saturated heterocycles. The zero-order valence-corrected chi connectivity index (χ0v) is 14.4. The molecule has 1 aromatic rings. The molecule has 2 nitrogen and oxygen atoms in total. The molecule has 1 rings (SSSR count). The Morgan fingerprint density at radius 3 is 2.43 bits per heavy atom. The normalized spacial score (nSPS) is 11.0. The monoisotopic (exact) mass is 322 g/mol. The molecule has 114 valence electrons. The molecule has 4 heteroatoms. The summed E-state index contributed by atoms with van der Waals surface area (Å²) in [4.78, 5) is 0. The van der Waals surface area contributed by atoms with Crippen molar-refractivity contribution in [1.29, 1.82) is 0 Å². The summed E-state index contributed by atoms with van der Waals surface area (Å²) in [5, 5.41) is 7.63. The van der Waals surface area contributed by atoms with E-state index in [0.29, 0.717) is 10.1 Å². The molecule has 0 unspecified atom stereocenters. The molecular formula is C17H23ClN2S. The molecule has 0 heterocycles. The highest BCUT2D eigenvalue weighted by Crippen LogP contribution is 2.13. The van der Waals surface area contributed by atoms with Gasteiger partial charge in [0.25, 0.3) is 0 Å². The second kappa shape index (κ2) is 9.59. The van der Waals surface area contributed by atoms with Crippen LogP contribution in [0.2, 0.25) is 5.02 Å². The topological polar surface area (TPSA) is 24.1 Å². The maximum Gasteiger partial charge on any atom is 0.171 e. The molecule has 2 N–H and O–H groups in total. The quantitative estimate of drug-likeness (QED) is 0.547. The number of allylic oxidation sites excluding steroid dienone is 3. The number of nitrogens with one attached hydrogen (secondary N) is 2. The molecule has 1 aromatic carbocycles. The zero-order valence-electron chi connectivity index (χ0n) is 12.9. The van der Waals surface area contributed by atoms with Crippen molar-refractivity contribution in [3.63, 3.8) is 0 Å². The van der Waals surface area contributed by atoms with E-state index in [9.17, 15) is 0 Å². The summed E-state index contributed by atoms with van der Waals surface area (Å²) in [5.74, 6) is 0. The fourth-order valence-corrected chi connectivity index (χ4v) is 2.04. The Labute approximate surface area is 138 Å². The first-order valence-corrected chi connectivity index (χ1v) is 7.85. The van der Waals surface area contributed by atoms with Crippen molar-refractivity contribution in [3.8, 4) is 0 Å². The van der Waals surface area contributed by atoms with Crippen LogP contribution < -0.4 is 10.6 Å². The van der Waals surface area contributed by atoms with Crippen LogP contribution in [0.5, 0.6) is 0 Å². The molecule has 0 atom stereocenters. The Morgan fingerprint density at radius 1 is 1.14 bits per heavy atom. The number of thiocarbonyl (C=S) groups is 1. The molecule has 0 aromatic heterocycles. The Hall–Kier alpha value is -1.32. The average Bonchev–Trinajstić information content (AvgIpc) is 2.41. The van der Waals surface area contributed by atoms with Gasteiger partial charge in [-0.2, -0.15) is 0 Å². The van der Waals surface area contributed by atoms with Crippen molar-refractivity contribution >= 4 is 34.6 Å². The SMILES string of the molecule is CC(C)=CCC/C(C)=C/CNC(=S)Nc1ccc(Cl)cc1. The van der Waals surface area contributed by atoms with Crippen LogP contribution in [0.15, 0.2) is 47.6 Å². The molecule has 0 spiro atoms. The highest BCUT2D eigenvalue weighted by molar-refractivity contribution is 7.80. The Balaban J connectivity index is 2.29. The molecule has 0 amide bonds. The van der Waals surface area contributed by atoms with E-state index in [-0.39, 0.29) is 0 Å². The molecule has 0 bridgehead atoms. The lowest BCUT2D eigenvalue weighted by molar-refractivity contribution is 0.942. The summed E-state index contributed by atoms with van der Waals surface area (Å²) in [6, 6.07) is 7.47. The lowest BCUT2D eigenvalue weighted by Gasteiger charge is -2.09.